The Balaban J connectivity index is 1.82. The summed E-state index contributed by atoms with van der Waals surface area (Å²) in [5.41, 5.74) is -0.818. The van der Waals surface area contributed by atoms with E-state index < -0.39 is 70.0 Å². The highest BCUT2D eigenvalue weighted by molar-refractivity contribution is 7.88. The standard InChI is InChI=1S/C24H35ClN4O9S2/c1-24(2,3)38-20(32)12-16(18(30)13-37-23-14(25)9-11-39-23)26-21(33)17-6-5-10-28-19(31)8-7-15(22(34)29(17)28)27-40(4,35)36/h9,11,15-18,27,30H,5-8,10,12-13H2,1-4H3,(H,26,33). The highest BCUT2D eigenvalue weighted by Gasteiger charge is 2.45. The number of halogens is 1. The molecule has 3 heterocycles. The Morgan fingerprint density at radius 2 is 1.98 bits per heavy atom. The summed E-state index contributed by atoms with van der Waals surface area (Å²) in [6, 6.07) is -1.98. The van der Waals surface area contributed by atoms with E-state index in [0.29, 0.717) is 16.5 Å². The Labute approximate surface area is 242 Å². The van der Waals surface area contributed by atoms with Gasteiger partial charge in [0.25, 0.3) is 5.91 Å². The van der Waals surface area contributed by atoms with Gasteiger partial charge in [0, 0.05) is 13.0 Å². The van der Waals surface area contributed by atoms with Crippen molar-refractivity contribution in [2.24, 2.45) is 0 Å². The van der Waals surface area contributed by atoms with E-state index in [1.807, 2.05) is 0 Å². The van der Waals surface area contributed by atoms with E-state index in [1.165, 1.54) is 16.3 Å². The van der Waals surface area contributed by atoms with Gasteiger partial charge in [-0.05, 0) is 51.5 Å². The topological polar surface area (TPSA) is 172 Å². The smallest absolute Gasteiger partial charge is 0.308 e. The van der Waals surface area contributed by atoms with Crippen LogP contribution in [0.2, 0.25) is 5.02 Å². The zero-order chi connectivity index (χ0) is 29.8. The fourth-order valence-electron chi connectivity index (χ4n) is 4.43. The SMILES string of the molecule is CC(C)(C)OC(=O)CC(NC(=O)C1CCCN2C(=O)CCC(NS(C)(=O)=O)C(=O)N12)C(O)COc1sccc1Cl. The molecule has 0 aliphatic carbocycles. The number of carbonyl (C=O) groups is 4. The van der Waals surface area contributed by atoms with E-state index in [4.69, 9.17) is 21.1 Å². The monoisotopic (exact) mass is 622 g/mol. The lowest BCUT2D eigenvalue weighted by Gasteiger charge is -2.43. The van der Waals surface area contributed by atoms with Crippen molar-refractivity contribution >= 4 is 56.7 Å². The molecule has 4 atom stereocenters. The summed E-state index contributed by atoms with van der Waals surface area (Å²) in [6.45, 7) is 4.90. The van der Waals surface area contributed by atoms with Crippen LogP contribution in [0.25, 0.3) is 0 Å². The average Bonchev–Trinajstić information content (AvgIpc) is 3.21. The maximum atomic E-state index is 13.6. The number of sulfonamides is 1. The zero-order valence-corrected chi connectivity index (χ0v) is 25.1. The van der Waals surface area contributed by atoms with Gasteiger partial charge in [-0.15, -0.1) is 11.3 Å². The van der Waals surface area contributed by atoms with Crippen LogP contribution in [0.4, 0.5) is 0 Å². The molecule has 16 heteroatoms. The second-order valence-corrected chi connectivity index (χ2v) is 13.7. The number of nitrogens with zero attached hydrogens (tertiary/aromatic N) is 2. The summed E-state index contributed by atoms with van der Waals surface area (Å²) in [4.78, 5) is 52.4. The average molecular weight is 623 g/mol. The van der Waals surface area contributed by atoms with Crippen LogP contribution in [-0.4, -0.2) is 96.5 Å². The molecule has 3 N–H and O–H groups in total. The van der Waals surface area contributed by atoms with Crippen molar-refractivity contribution in [1.82, 2.24) is 20.1 Å². The third-order valence-corrected chi connectivity index (χ3v) is 8.04. The highest BCUT2D eigenvalue weighted by atomic mass is 35.5. The number of hydrogen-bond donors (Lipinski definition) is 3. The maximum absolute atomic E-state index is 13.6. The normalized spacial score (nSPS) is 21.8. The molecule has 3 amide bonds. The number of fused-ring (bicyclic) bond motifs is 1. The first-order valence-electron chi connectivity index (χ1n) is 12.7. The summed E-state index contributed by atoms with van der Waals surface area (Å²) < 4.78 is 36.9. The Kier molecular flexibility index (Phi) is 10.4. The van der Waals surface area contributed by atoms with Crippen molar-refractivity contribution in [2.75, 3.05) is 19.4 Å². The van der Waals surface area contributed by atoms with E-state index in [-0.39, 0.29) is 32.4 Å². The van der Waals surface area contributed by atoms with Crippen LogP contribution in [0.1, 0.15) is 52.9 Å². The molecule has 3 rings (SSSR count). The van der Waals surface area contributed by atoms with Crippen molar-refractivity contribution in [3.05, 3.63) is 16.5 Å². The number of ether oxygens (including phenoxy) is 2. The number of nitrogens with one attached hydrogen (secondary N) is 2. The van der Waals surface area contributed by atoms with E-state index in [1.54, 1.807) is 32.2 Å². The van der Waals surface area contributed by atoms with Crippen molar-refractivity contribution in [1.29, 1.82) is 0 Å². The van der Waals surface area contributed by atoms with Crippen molar-refractivity contribution in [3.8, 4) is 5.06 Å². The van der Waals surface area contributed by atoms with Crippen LogP contribution < -0.4 is 14.8 Å². The molecule has 0 radical (unpaired) electrons. The minimum absolute atomic E-state index is 0.0608. The van der Waals surface area contributed by atoms with Gasteiger partial charge in [0.1, 0.15) is 30.4 Å². The molecule has 2 aliphatic rings. The van der Waals surface area contributed by atoms with Crippen molar-refractivity contribution in [2.45, 2.75) is 82.7 Å². The number of rotatable bonds is 10. The molecule has 13 nitrogen and oxygen atoms in total. The van der Waals surface area contributed by atoms with Gasteiger partial charge in [0.2, 0.25) is 21.8 Å². The summed E-state index contributed by atoms with van der Waals surface area (Å²) in [5, 5.41) is 18.1. The van der Waals surface area contributed by atoms with Gasteiger partial charge in [0.05, 0.1) is 23.7 Å². The van der Waals surface area contributed by atoms with Gasteiger partial charge < -0.3 is 19.9 Å². The Morgan fingerprint density at radius 3 is 2.58 bits per heavy atom. The zero-order valence-electron chi connectivity index (χ0n) is 22.7. The molecule has 0 aromatic carbocycles. The minimum atomic E-state index is -3.79. The quantitative estimate of drug-likeness (QED) is 0.319. The molecule has 2 aliphatic heterocycles. The summed E-state index contributed by atoms with van der Waals surface area (Å²) in [5.74, 6) is -2.58. The van der Waals surface area contributed by atoms with Crippen LogP contribution in [-0.2, 0) is 33.9 Å². The largest absolute Gasteiger partial charge is 0.480 e. The molecule has 0 spiro atoms. The molecule has 1 aromatic heterocycles. The maximum Gasteiger partial charge on any atom is 0.308 e. The first kappa shape index (κ1) is 32.1. The number of hydrazine groups is 1. The summed E-state index contributed by atoms with van der Waals surface area (Å²) in [6.07, 6.45) is -0.468. The third kappa shape index (κ3) is 8.77. The van der Waals surface area contributed by atoms with Gasteiger partial charge in [0.15, 0.2) is 5.06 Å². The van der Waals surface area contributed by atoms with E-state index in [9.17, 15) is 32.7 Å². The molecule has 0 bridgehead atoms. The fraction of sp³-hybridized carbons (Fsp3) is 0.667. The lowest BCUT2D eigenvalue weighted by Crippen LogP contribution is -2.64. The van der Waals surface area contributed by atoms with E-state index in [2.05, 4.69) is 10.0 Å². The van der Waals surface area contributed by atoms with Crippen LogP contribution in [0, 0.1) is 0 Å². The third-order valence-electron chi connectivity index (χ3n) is 6.09. The van der Waals surface area contributed by atoms with Crippen molar-refractivity contribution in [3.63, 3.8) is 0 Å². The van der Waals surface area contributed by atoms with E-state index in [0.717, 1.165) is 11.3 Å². The number of aliphatic hydroxyl groups is 1. The van der Waals surface area contributed by atoms with Gasteiger partial charge in [-0.25, -0.2) is 18.1 Å². The molecule has 2 saturated heterocycles. The fourth-order valence-corrected chi connectivity index (χ4v) is 6.13. The van der Waals surface area contributed by atoms with Gasteiger partial charge in [-0.2, -0.15) is 0 Å². The molecule has 1 aromatic rings. The molecule has 224 valence electrons. The predicted octanol–water partition coefficient (Wildman–Crippen LogP) is 0.804. The molecular weight excluding hydrogens is 588 g/mol. The number of aliphatic hydroxyl groups excluding tert-OH is 1. The second kappa shape index (κ2) is 13.0. The van der Waals surface area contributed by atoms with Crippen LogP contribution in [0.5, 0.6) is 5.06 Å². The van der Waals surface area contributed by atoms with Crippen LogP contribution in [0.3, 0.4) is 0 Å². The molecule has 40 heavy (non-hydrogen) atoms. The number of amides is 3. The lowest BCUT2D eigenvalue weighted by atomic mass is 10.0. The molecule has 0 saturated carbocycles. The first-order chi connectivity index (χ1) is 18.6. The van der Waals surface area contributed by atoms with Gasteiger partial charge in [-0.1, -0.05) is 11.6 Å². The van der Waals surface area contributed by atoms with E-state index >= 15 is 0 Å². The number of thiophene rings is 1. The number of carbonyl (C=O) groups excluding carboxylic acids is 4. The highest BCUT2D eigenvalue weighted by Crippen LogP contribution is 2.31. The second-order valence-electron chi connectivity index (χ2n) is 10.7. The van der Waals surface area contributed by atoms with Crippen LogP contribution in [0.15, 0.2) is 11.4 Å². The lowest BCUT2D eigenvalue weighted by molar-refractivity contribution is -0.176. The minimum Gasteiger partial charge on any atom is -0.480 e. The Hall–Kier alpha value is -2.46. The van der Waals surface area contributed by atoms with Gasteiger partial charge >= 0.3 is 5.97 Å². The molecule has 4 unspecified atom stereocenters. The van der Waals surface area contributed by atoms with Crippen LogP contribution >= 0.6 is 22.9 Å². The first-order valence-corrected chi connectivity index (χ1v) is 15.9. The predicted molar refractivity (Wildman–Crippen MR) is 146 cm³/mol. The number of esters is 1. The number of hydrogen-bond acceptors (Lipinski definition) is 10. The Bertz CT molecular complexity index is 1220. The summed E-state index contributed by atoms with van der Waals surface area (Å²) >= 11 is 7.25. The van der Waals surface area contributed by atoms with Crippen molar-refractivity contribution < 1.29 is 42.2 Å². The summed E-state index contributed by atoms with van der Waals surface area (Å²) in [7, 11) is -3.79. The molecular formula is C24H35ClN4O9S2. The Morgan fingerprint density at radius 1 is 1.27 bits per heavy atom. The molecule has 2 fully saturated rings. The van der Waals surface area contributed by atoms with Gasteiger partial charge in [-0.3, -0.25) is 24.2 Å².